The van der Waals surface area contributed by atoms with Crippen molar-refractivity contribution in [1.82, 2.24) is 5.32 Å². The fourth-order valence-corrected chi connectivity index (χ4v) is 1.30. The average molecular weight is 211 g/mol. The smallest absolute Gasteiger partial charge is 0.264 e. The molecule has 6 heteroatoms. The molecule has 0 aromatic rings. The van der Waals surface area contributed by atoms with E-state index in [2.05, 4.69) is 5.32 Å². The molecule has 0 atom stereocenters. The first-order valence-corrected chi connectivity index (χ1v) is 5.91. The van der Waals surface area contributed by atoms with Crippen molar-refractivity contribution in [3.8, 4) is 0 Å². The lowest BCUT2D eigenvalue weighted by Crippen LogP contribution is -2.22. The van der Waals surface area contributed by atoms with Gasteiger partial charge in [-0.15, -0.1) is 0 Å². The van der Waals surface area contributed by atoms with Crippen LogP contribution in [0.2, 0.25) is 0 Å². The van der Waals surface area contributed by atoms with Crippen LogP contribution in [0.5, 0.6) is 0 Å². The first-order chi connectivity index (χ1) is 6.06. The molecule has 0 aliphatic carbocycles. The predicted octanol–water partition coefficient (Wildman–Crippen LogP) is -0.110. The Morgan fingerprint density at radius 2 is 2.08 bits per heavy atom. The van der Waals surface area contributed by atoms with Crippen LogP contribution < -0.4 is 5.32 Å². The van der Waals surface area contributed by atoms with Crippen LogP contribution in [0.25, 0.3) is 0 Å². The summed E-state index contributed by atoms with van der Waals surface area (Å²) in [6.45, 7) is 4.51. The molecule has 80 valence electrons. The third-order valence-corrected chi connectivity index (χ3v) is 2.19. The van der Waals surface area contributed by atoms with E-state index in [1.807, 2.05) is 6.92 Å². The molecule has 0 fully saturated rings. The highest BCUT2D eigenvalue weighted by Crippen LogP contribution is 1.85. The lowest BCUT2D eigenvalue weighted by Gasteiger charge is -2.03. The van der Waals surface area contributed by atoms with Crippen molar-refractivity contribution in [2.45, 2.75) is 13.3 Å². The van der Waals surface area contributed by atoms with Crippen LogP contribution in [0.4, 0.5) is 0 Å². The average Bonchev–Trinajstić information content (AvgIpc) is 2.01. The third kappa shape index (κ3) is 11.8. The van der Waals surface area contributed by atoms with Gasteiger partial charge in [-0.05, 0) is 19.9 Å². The van der Waals surface area contributed by atoms with Gasteiger partial charge in [0.15, 0.2) is 0 Å². The molecule has 0 rings (SSSR count). The van der Waals surface area contributed by atoms with Gasteiger partial charge in [0.2, 0.25) is 0 Å². The van der Waals surface area contributed by atoms with Gasteiger partial charge in [0, 0.05) is 13.2 Å². The second kappa shape index (κ2) is 7.25. The summed E-state index contributed by atoms with van der Waals surface area (Å²) in [5.74, 6) is -0.186. The van der Waals surface area contributed by atoms with Crippen molar-refractivity contribution >= 4 is 10.1 Å². The zero-order chi connectivity index (χ0) is 10.2. The maximum absolute atomic E-state index is 10.3. The van der Waals surface area contributed by atoms with Crippen molar-refractivity contribution in [1.29, 1.82) is 0 Å². The predicted molar refractivity (Wildman–Crippen MR) is 50.4 cm³/mol. The van der Waals surface area contributed by atoms with E-state index in [0.717, 1.165) is 0 Å². The summed E-state index contributed by atoms with van der Waals surface area (Å²) in [7, 11) is -3.79. The number of nitrogens with one attached hydrogen (secondary N) is 1. The van der Waals surface area contributed by atoms with E-state index in [-0.39, 0.29) is 5.75 Å². The molecule has 0 unspecified atom stereocenters. The molecular weight excluding hydrogens is 194 g/mol. The van der Waals surface area contributed by atoms with Crippen molar-refractivity contribution in [2.75, 3.05) is 32.1 Å². The number of rotatable bonds is 8. The Labute approximate surface area is 79.2 Å². The van der Waals surface area contributed by atoms with E-state index in [1.54, 1.807) is 0 Å². The molecule has 13 heavy (non-hydrogen) atoms. The molecular formula is C7H17NO4S. The zero-order valence-electron chi connectivity index (χ0n) is 7.82. The van der Waals surface area contributed by atoms with Crippen molar-refractivity contribution < 1.29 is 17.7 Å². The molecule has 0 aliphatic rings. The van der Waals surface area contributed by atoms with Crippen LogP contribution in [0, 0.1) is 0 Å². The van der Waals surface area contributed by atoms with Crippen molar-refractivity contribution in [3.05, 3.63) is 0 Å². The van der Waals surface area contributed by atoms with Gasteiger partial charge in [-0.3, -0.25) is 4.55 Å². The minimum atomic E-state index is -3.79. The summed E-state index contributed by atoms with van der Waals surface area (Å²) < 4.78 is 34.0. The number of ether oxygens (including phenoxy) is 1. The van der Waals surface area contributed by atoms with E-state index < -0.39 is 10.1 Å². The van der Waals surface area contributed by atoms with Gasteiger partial charge in [0.05, 0.1) is 12.4 Å². The summed E-state index contributed by atoms with van der Waals surface area (Å²) in [5, 5.41) is 2.99. The highest BCUT2D eigenvalue weighted by atomic mass is 32.2. The lowest BCUT2D eigenvalue weighted by atomic mass is 10.5. The molecule has 0 aromatic heterocycles. The molecule has 0 spiro atoms. The second-order valence-corrected chi connectivity index (χ2v) is 4.16. The Hall–Kier alpha value is -0.170. The molecule has 0 heterocycles. The van der Waals surface area contributed by atoms with E-state index in [0.29, 0.717) is 32.7 Å². The molecule has 0 aliphatic heterocycles. The number of hydrogen-bond donors (Lipinski definition) is 2. The highest BCUT2D eigenvalue weighted by Gasteiger charge is 2.02. The molecule has 0 saturated heterocycles. The Bertz CT molecular complexity index is 203. The summed E-state index contributed by atoms with van der Waals surface area (Å²) in [6, 6.07) is 0. The molecule has 0 bridgehead atoms. The zero-order valence-corrected chi connectivity index (χ0v) is 8.64. The van der Waals surface area contributed by atoms with Gasteiger partial charge in [-0.1, -0.05) is 0 Å². The van der Waals surface area contributed by atoms with Gasteiger partial charge in [0.25, 0.3) is 10.1 Å². The van der Waals surface area contributed by atoms with Crippen LogP contribution >= 0.6 is 0 Å². The fraction of sp³-hybridized carbons (Fsp3) is 1.00. The SMILES string of the molecule is CCOCCNCCCS(=O)(=O)O. The Kier molecular flexibility index (Phi) is 7.16. The highest BCUT2D eigenvalue weighted by molar-refractivity contribution is 7.85. The van der Waals surface area contributed by atoms with Gasteiger partial charge < -0.3 is 10.1 Å². The van der Waals surface area contributed by atoms with Crippen molar-refractivity contribution in [3.63, 3.8) is 0 Å². The molecule has 5 nitrogen and oxygen atoms in total. The van der Waals surface area contributed by atoms with E-state index >= 15 is 0 Å². The van der Waals surface area contributed by atoms with E-state index in [1.165, 1.54) is 0 Å². The normalized spacial score (nSPS) is 11.8. The maximum Gasteiger partial charge on any atom is 0.264 e. The van der Waals surface area contributed by atoms with Crippen LogP contribution in [0.3, 0.4) is 0 Å². The molecule has 0 radical (unpaired) electrons. The Balaban J connectivity index is 3.09. The maximum atomic E-state index is 10.3. The Morgan fingerprint density at radius 3 is 2.62 bits per heavy atom. The molecule has 0 amide bonds. The molecule has 0 aromatic carbocycles. The Morgan fingerprint density at radius 1 is 1.38 bits per heavy atom. The number of hydrogen-bond acceptors (Lipinski definition) is 4. The summed E-state index contributed by atoms with van der Waals surface area (Å²) in [5.41, 5.74) is 0. The van der Waals surface area contributed by atoms with Crippen LogP contribution in [0.1, 0.15) is 13.3 Å². The van der Waals surface area contributed by atoms with Gasteiger partial charge in [-0.2, -0.15) is 8.42 Å². The monoisotopic (exact) mass is 211 g/mol. The van der Waals surface area contributed by atoms with Gasteiger partial charge >= 0.3 is 0 Å². The standard InChI is InChI=1S/C7H17NO4S/c1-2-12-6-5-8-4-3-7-13(9,10)11/h8H,2-7H2,1H3,(H,9,10,11). The third-order valence-electron chi connectivity index (χ3n) is 1.38. The van der Waals surface area contributed by atoms with E-state index in [9.17, 15) is 8.42 Å². The summed E-state index contributed by atoms with van der Waals surface area (Å²) in [4.78, 5) is 0. The first kappa shape index (κ1) is 12.8. The van der Waals surface area contributed by atoms with Crippen LogP contribution in [-0.2, 0) is 14.9 Å². The van der Waals surface area contributed by atoms with Gasteiger partial charge in [-0.25, -0.2) is 0 Å². The molecule has 2 N–H and O–H groups in total. The minimum Gasteiger partial charge on any atom is -0.380 e. The first-order valence-electron chi connectivity index (χ1n) is 4.30. The van der Waals surface area contributed by atoms with Crippen molar-refractivity contribution in [2.24, 2.45) is 0 Å². The minimum absolute atomic E-state index is 0.186. The van der Waals surface area contributed by atoms with Gasteiger partial charge in [0.1, 0.15) is 0 Å². The molecule has 0 saturated carbocycles. The quantitative estimate of drug-likeness (QED) is 0.433. The second-order valence-electron chi connectivity index (χ2n) is 2.59. The summed E-state index contributed by atoms with van der Waals surface area (Å²) >= 11 is 0. The largest absolute Gasteiger partial charge is 0.380 e. The fourth-order valence-electron chi connectivity index (χ4n) is 0.793. The van der Waals surface area contributed by atoms with Crippen LogP contribution in [-0.4, -0.2) is 45.0 Å². The topological polar surface area (TPSA) is 75.6 Å². The van der Waals surface area contributed by atoms with E-state index in [4.69, 9.17) is 9.29 Å². The summed E-state index contributed by atoms with van der Waals surface area (Å²) in [6.07, 6.45) is 0.422. The van der Waals surface area contributed by atoms with Crippen LogP contribution in [0.15, 0.2) is 0 Å². The lowest BCUT2D eigenvalue weighted by molar-refractivity contribution is 0.149.